The Hall–Kier alpha value is -1.35. The Kier molecular flexibility index (Phi) is 6.06. The second kappa shape index (κ2) is 8.05. The van der Waals surface area contributed by atoms with Crippen molar-refractivity contribution in [1.82, 2.24) is 5.32 Å². The minimum absolute atomic E-state index is 0.250. The molecule has 0 bridgehead atoms. The number of carbonyl (C=O) groups excluding carboxylic acids is 1. The third-order valence-electron chi connectivity index (χ3n) is 4.07. The highest BCUT2D eigenvalue weighted by Crippen LogP contribution is 2.18. The molecule has 1 fully saturated rings. The number of unbranched alkanes of at least 4 members (excludes halogenated alkanes) is 1. The maximum absolute atomic E-state index is 11.5. The number of nitrogens with one attached hydrogen (secondary N) is 1. The molecule has 1 N–H and O–H groups in total. The lowest BCUT2D eigenvalue weighted by molar-refractivity contribution is 0.0600. The summed E-state index contributed by atoms with van der Waals surface area (Å²) in [6.07, 6.45) is 7.54. The Morgan fingerprint density at radius 1 is 1.40 bits per heavy atom. The van der Waals surface area contributed by atoms with Crippen LogP contribution in [0.1, 0.15) is 48.0 Å². The molecule has 3 nitrogen and oxygen atoms in total. The topological polar surface area (TPSA) is 38.3 Å². The summed E-state index contributed by atoms with van der Waals surface area (Å²) in [5.74, 6) is 0.616. The smallest absolute Gasteiger partial charge is 0.337 e. The first-order chi connectivity index (χ1) is 9.79. The molecule has 20 heavy (non-hydrogen) atoms. The van der Waals surface area contributed by atoms with E-state index < -0.39 is 0 Å². The number of benzene rings is 1. The molecule has 1 aromatic carbocycles. The average Bonchev–Trinajstić information content (AvgIpc) is 2.52. The van der Waals surface area contributed by atoms with Crippen LogP contribution < -0.4 is 5.32 Å². The number of hydrogen-bond donors (Lipinski definition) is 1. The molecular formula is C17H25NO2. The lowest BCUT2D eigenvalue weighted by atomic mass is 9.93. The summed E-state index contributed by atoms with van der Waals surface area (Å²) in [4.78, 5) is 11.5. The highest BCUT2D eigenvalue weighted by atomic mass is 16.5. The number of hydrogen-bond acceptors (Lipinski definition) is 3. The summed E-state index contributed by atoms with van der Waals surface area (Å²) >= 11 is 0. The molecule has 1 heterocycles. The highest BCUT2D eigenvalue weighted by Gasteiger charge is 2.12. The first kappa shape index (κ1) is 15.0. The zero-order valence-corrected chi connectivity index (χ0v) is 12.4. The molecule has 1 aliphatic rings. The van der Waals surface area contributed by atoms with Crippen molar-refractivity contribution in [3.8, 4) is 0 Å². The largest absolute Gasteiger partial charge is 0.465 e. The van der Waals surface area contributed by atoms with Gasteiger partial charge in [-0.2, -0.15) is 0 Å². The first-order valence-corrected chi connectivity index (χ1v) is 7.67. The zero-order valence-electron chi connectivity index (χ0n) is 12.4. The van der Waals surface area contributed by atoms with Gasteiger partial charge in [-0.05, 0) is 68.8 Å². The van der Waals surface area contributed by atoms with E-state index in [1.807, 2.05) is 18.2 Å². The van der Waals surface area contributed by atoms with Gasteiger partial charge in [-0.15, -0.1) is 0 Å². The van der Waals surface area contributed by atoms with Crippen LogP contribution in [0.15, 0.2) is 24.3 Å². The Morgan fingerprint density at radius 3 is 3.05 bits per heavy atom. The van der Waals surface area contributed by atoms with Crippen LogP contribution >= 0.6 is 0 Å². The molecule has 110 valence electrons. The van der Waals surface area contributed by atoms with Gasteiger partial charge in [-0.1, -0.05) is 18.6 Å². The van der Waals surface area contributed by atoms with Crippen molar-refractivity contribution >= 4 is 5.97 Å². The van der Waals surface area contributed by atoms with Crippen LogP contribution in [0.3, 0.4) is 0 Å². The second-order valence-corrected chi connectivity index (χ2v) is 5.65. The van der Waals surface area contributed by atoms with E-state index in [2.05, 4.69) is 11.4 Å². The van der Waals surface area contributed by atoms with E-state index in [4.69, 9.17) is 4.74 Å². The van der Waals surface area contributed by atoms with Gasteiger partial charge in [-0.3, -0.25) is 0 Å². The lowest BCUT2D eigenvalue weighted by Crippen LogP contribution is -2.29. The minimum atomic E-state index is -0.250. The van der Waals surface area contributed by atoms with Gasteiger partial charge in [0.2, 0.25) is 0 Å². The SMILES string of the molecule is COC(=O)c1cccc(CCCCC2CCCNC2)c1. The van der Waals surface area contributed by atoms with Crippen LogP contribution in [-0.2, 0) is 11.2 Å². The number of esters is 1. The van der Waals surface area contributed by atoms with Gasteiger partial charge < -0.3 is 10.1 Å². The van der Waals surface area contributed by atoms with E-state index >= 15 is 0 Å². The normalized spacial score (nSPS) is 18.8. The number of aryl methyl sites for hydroxylation is 1. The molecule has 1 aliphatic heterocycles. The maximum Gasteiger partial charge on any atom is 0.337 e. The molecule has 1 aromatic rings. The Labute approximate surface area is 121 Å². The van der Waals surface area contributed by atoms with Gasteiger partial charge in [0, 0.05) is 0 Å². The van der Waals surface area contributed by atoms with Crippen LogP contribution in [-0.4, -0.2) is 26.2 Å². The summed E-state index contributed by atoms with van der Waals surface area (Å²) in [6.45, 7) is 2.38. The van der Waals surface area contributed by atoms with Gasteiger partial charge in [0.25, 0.3) is 0 Å². The summed E-state index contributed by atoms with van der Waals surface area (Å²) in [5, 5.41) is 3.47. The Morgan fingerprint density at radius 2 is 2.30 bits per heavy atom. The van der Waals surface area contributed by atoms with Crippen molar-refractivity contribution < 1.29 is 9.53 Å². The van der Waals surface area contributed by atoms with Crippen LogP contribution in [0.5, 0.6) is 0 Å². The molecule has 0 aliphatic carbocycles. The van der Waals surface area contributed by atoms with Crippen LogP contribution in [0.4, 0.5) is 0 Å². The summed E-state index contributed by atoms with van der Waals surface area (Å²) in [6, 6.07) is 7.79. The second-order valence-electron chi connectivity index (χ2n) is 5.65. The van der Waals surface area contributed by atoms with Crippen LogP contribution in [0, 0.1) is 5.92 Å². The van der Waals surface area contributed by atoms with Crippen molar-refractivity contribution in [1.29, 1.82) is 0 Å². The maximum atomic E-state index is 11.5. The molecule has 2 rings (SSSR count). The molecule has 0 spiro atoms. The molecule has 1 saturated heterocycles. The zero-order chi connectivity index (χ0) is 14.2. The van der Waals surface area contributed by atoms with Crippen LogP contribution in [0.25, 0.3) is 0 Å². The molecule has 3 heteroatoms. The molecule has 0 radical (unpaired) electrons. The third-order valence-corrected chi connectivity index (χ3v) is 4.07. The monoisotopic (exact) mass is 275 g/mol. The van der Waals surface area contributed by atoms with E-state index in [0.29, 0.717) is 5.56 Å². The summed E-state index contributed by atoms with van der Waals surface area (Å²) in [7, 11) is 1.42. The Bertz CT molecular complexity index is 425. The van der Waals surface area contributed by atoms with Crippen LogP contribution in [0.2, 0.25) is 0 Å². The van der Waals surface area contributed by atoms with E-state index in [9.17, 15) is 4.79 Å². The molecule has 0 saturated carbocycles. The number of methoxy groups -OCH3 is 1. The minimum Gasteiger partial charge on any atom is -0.465 e. The van der Waals surface area contributed by atoms with Crippen molar-refractivity contribution in [2.45, 2.75) is 38.5 Å². The van der Waals surface area contributed by atoms with Crippen molar-refractivity contribution in [3.05, 3.63) is 35.4 Å². The van der Waals surface area contributed by atoms with Gasteiger partial charge in [-0.25, -0.2) is 4.79 Å². The molecule has 0 amide bonds. The fourth-order valence-corrected chi connectivity index (χ4v) is 2.90. The molecule has 1 unspecified atom stereocenters. The molecule has 1 atom stereocenters. The third kappa shape index (κ3) is 4.64. The average molecular weight is 275 g/mol. The van der Waals surface area contributed by atoms with E-state index in [0.717, 1.165) is 12.3 Å². The lowest BCUT2D eigenvalue weighted by Gasteiger charge is -2.22. The molecular weight excluding hydrogens is 250 g/mol. The number of ether oxygens (including phenoxy) is 1. The first-order valence-electron chi connectivity index (χ1n) is 7.67. The fraction of sp³-hybridized carbons (Fsp3) is 0.588. The Balaban J connectivity index is 1.72. The van der Waals surface area contributed by atoms with E-state index in [1.165, 1.54) is 57.9 Å². The van der Waals surface area contributed by atoms with Gasteiger partial charge in [0.05, 0.1) is 12.7 Å². The molecule has 0 aromatic heterocycles. The fourth-order valence-electron chi connectivity index (χ4n) is 2.90. The predicted octanol–water partition coefficient (Wildman–Crippen LogP) is 3.19. The van der Waals surface area contributed by atoms with Gasteiger partial charge >= 0.3 is 5.97 Å². The quantitative estimate of drug-likeness (QED) is 0.640. The van der Waals surface area contributed by atoms with Crippen molar-refractivity contribution in [2.24, 2.45) is 5.92 Å². The van der Waals surface area contributed by atoms with E-state index in [-0.39, 0.29) is 5.97 Å². The summed E-state index contributed by atoms with van der Waals surface area (Å²) < 4.78 is 4.75. The number of carbonyl (C=O) groups is 1. The van der Waals surface area contributed by atoms with E-state index in [1.54, 1.807) is 0 Å². The van der Waals surface area contributed by atoms with Crippen molar-refractivity contribution in [3.63, 3.8) is 0 Å². The number of piperidine rings is 1. The van der Waals surface area contributed by atoms with Crippen molar-refractivity contribution in [2.75, 3.05) is 20.2 Å². The predicted molar refractivity (Wildman–Crippen MR) is 80.9 cm³/mol. The van der Waals surface area contributed by atoms with Gasteiger partial charge in [0.15, 0.2) is 0 Å². The summed E-state index contributed by atoms with van der Waals surface area (Å²) in [5.41, 5.74) is 1.89. The number of rotatable bonds is 6. The van der Waals surface area contributed by atoms with Gasteiger partial charge in [0.1, 0.15) is 0 Å². The highest BCUT2D eigenvalue weighted by molar-refractivity contribution is 5.89. The standard InChI is InChI=1S/C17H25NO2/c1-20-17(19)16-10-4-8-14(12-16)6-2-3-7-15-9-5-11-18-13-15/h4,8,10,12,15,18H,2-3,5-7,9,11,13H2,1H3.